The Morgan fingerprint density at radius 2 is 1.44 bits per heavy atom. The summed E-state index contributed by atoms with van der Waals surface area (Å²) < 4.78 is 11.2. The zero-order valence-corrected chi connectivity index (χ0v) is 20.2. The lowest BCUT2D eigenvalue weighted by atomic mass is 9.85. The molecule has 9 heteroatoms. The first-order valence-corrected chi connectivity index (χ1v) is 12.0. The molecule has 36 heavy (non-hydrogen) atoms. The second-order valence-corrected chi connectivity index (χ2v) is 8.71. The topological polar surface area (TPSA) is 114 Å². The zero-order chi connectivity index (χ0) is 25.7. The lowest BCUT2D eigenvalue weighted by Gasteiger charge is -2.22. The van der Waals surface area contributed by atoms with Crippen LogP contribution in [0.1, 0.15) is 42.6 Å². The Hall–Kier alpha value is -4.14. The molecular weight excluding hydrogens is 462 g/mol. The third-order valence-corrected chi connectivity index (χ3v) is 6.36. The van der Waals surface area contributed by atoms with Gasteiger partial charge >= 0.3 is 0 Å². The molecule has 0 saturated carbocycles. The van der Waals surface area contributed by atoms with Crippen molar-refractivity contribution in [3.8, 4) is 11.5 Å². The van der Waals surface area contributed by atoms with Crippen LogP contribution in [0.15, 0.2) is 60.7 Å². The van der Waals surface area contributed by atoms with Crippen molar-refractivity contribution in [1.29, 1.82) is 0 Å². The second kappa shape index (κ2) is 11.1. The zero-order valence-electron chi connectivity index (χ0n) is 20.2. The average Bonchev–Trinajstić information content (AvgIpc) is 3.16. The second-order valence-electron chi connectivity index (χ2n) is 8.71. The fraction of sp³-hybridized carbons (Fsp3) is 0.333. The number of benzene rings is 2. The highest BCUT2D eigenvalue weighted by Crippen LogP contribution is 2.36. The Labute approximate surface area is 209 Å². The quantitative estimate of drug-likeness (QED) is 0.334. The molecule has 3 atom stereocenters. The predicted octanol–water partition coefficient (Wildman–Crippen LogP) is 2.77. The lowest BCUT2D eigenvalue weighted by molar-refractivity contribution is -0.147. The van der Waals surface area contributed by atoms with E-state index in [2.05, 4.69) is 10.9 Å². The van der Waals surface area contributed by atoms with Crippen molar-refractivity contribution in [3.05, 3.63) is 71.8 Å². The van der Waals surface area contributed by atoms with Gasteiger partial charge in [0.25, 0.3) is 11.8 Å². The van der Waals surface area contributed by atoms with Crippen molar-refractivity contribution in [2.45, 2.75) is 39.3 Å². The summed E-state index contributed by atoms with van der Waals surface area (Å²) in [5, 5.41) is 0. The number of likely N-dealkylation sites (tertiary alicyclic amines) is 1. The van der Waals surface area contributed by atoms with Crippen molar-refractivity contribution in [3.63, 3.8) is 0 Å². The number of amides is 4. The van der Waals surface area contributed by atoms with Gasteiger partial charge in [0.05, 0.1) is 18.4 Å². The molecule has 2 unspecified atom stereocenters. The van der Waals surface area contributed by atoms with Crippen LogP contribution in [-0.2, 0) is 21.0 Å². The maximum absolute atomic E-state index is 12.7. The lowest BCUT2D eigenvalue weighted by Crippen LogP contribution is -2.53. The Morgan fingerprint density at radius 3 is 2.00 bits per heavy atom. The van der Waals surface area contributed by atoms with Gasteiger partial charge in [0.15, 0.2) is 0 Å². The number of nitrogens with one attached hydrogen (secondary N) is 2. The first-order valence-electron chi connectivity index (χ1n) is 12.0. The summed E-state index contributed by atoms with van der Waals surface area (Å²) in [5.74, 6) is -1.20. The molecule has 1 aliphatic heterocycles. The summed E-state index contributed by atoms with van der Waals surface area (Å²) in [4.78, 5) is 51.4. The molecule has 1 fully saturated rings. The number of hydrazine groups is 1. The van der Waals surface area contributed by atoms with E-state index in [-0.39, 0.29) is 11.8 Å². The molecule has 0 aromatic heterocycles. The standard InChI is InChI=1S/C27H29N3O6/c1-3-35-20-12-14-21(15-13-20)36-16-18-8-10-19(11-9-18)25(32)29-28-24(31)17(2)30-26(33)22-6-4-5-7-23(22)27(30)34/h4-5,8-15,17,22-23H,3,6-7,16H2,1-2H3,(H,28,31)(H,29,32)/t17-,22?,23?/m0/s1. The molecule has 2 aromatic carbocycles. The van der Waals surface area contributed by atoms with E-state index in [1.807, 2.05) is 43.3 Å². The molecule has 188 valence electrons. The SMILES string of the molecule is CCOc1ccc(OCc2ccc(C(=O)NNC(=O)[C@H](C)N3C(=O)C4CC=CCC4C3=O)cc2)cc1. The minimum absolute atomic E-state index is 0.319. The van der Waals surface area contributed by atoms with Crippen LogP contribution in [0.2, 0.25) is 0 Å². The maximum atomic E-state index is 12.7. The van der Waals surface area contributed by atoms with Gasteiger partial charge in [-0.2, -0.15) is 0 Å². The molecule has 4 amide bonds. The Kier molecular flexibility index (Phi) is 7.68. The van der Waals surface area contributed by atoms with Gasteiger partial charge in [-0.1, -0.05) is 24.3 Å². The van der Waals surface area contributed by atoms with E-state index in [9.17, 15) is 19.2 Å². The highest BCUT2D eigenvalue weighted by atomic mass is 16.5. The summed E-state index contributed by atoms with van der Waals surface area (Å²) in [5.41, 5.74) is 5.86. The van der Waals surface area contributed by atoms with Gasteiger partial charge in [0.1, 0.15) is 24.1 Å². The van der Waals surface area contributed by atoms with Crippen molar-refractivity contribution >= 4 is 23.6 Å². The molecule has 2 aliphatic rings. The number of rotatable bonds is 8. The van der Waals surface area contributed by atoms with E-state index in [1.54, 1.807) is 24.3 Å². The molecule has 4 rings (SSSR count). The molecule has 1 heterocycles. The van der Waals surface area contributed by atoms with Crippen molar-refractivity contribution in [2.75, 3.05) is 6.61 Å². The summed E-state index contributed by atoms with van der Waals surface area (Å²) in [6.07, 6.45) is 4.77. The predicted molar refractivity (Wildman–Crippen MR) is 131 cm³/mol. The Balaban J connectivity index is 1.26. The van der Waals surface area contributed by atoms with E-state index in [0.29, 0.717) is 37.4 Å². The monoisotopic (exact) mass is 491 g/mol. The third-order valence-electron chi connectivity index (χ3n) is 6.36. The first kappa shape index (κ1) is 25.0. The number of carbonyl (C=O) groups is 4. The molecular formula is C27H29N3O6. The number of hydrogen-bond donors (Lipinski definition) is 2. The highest BCUT2D eigenvalue weighted by molar-refractivity contribution is 6.08. The van der Waals surface area contributed by atoms with Gasteiger partial charge in [0.2, 0.25) is 11.8 Å². The van der Waals surface area contributed by atoms with Gasteiger partial charge in [-0.3, -0.25) is 34.9 Å². The smallest absolute Gasteiger partial charge is 0.269 e. The fourth-order valence-electron chi connectivity index (χ4n) is 4.34. The summed E-state index contributed by atoms with van der Waals surface area (Å²) in [6.45, 7) is 4.31. The third kappa shape index (κ3) is 5.40. The van der Waals surface area contributed by atoms with Gasteiger partial charge in [-0.15, -0.1) is 0 Å². The van der Waals surface area contributed by atoms with E-state index in [1.165, 1.54) is 6.92 Å². The normalized spacial score (nSPS) is 19.4. The number of fused-ring (bicyclic) bond motifs is 1. The summed E-state index contributed by atoms with van der Waals surface area (Å²) >= 11 is 0. The van der Waals surface area contributed by atoms with E-state index in [4.69, 9.17) is 9.47 Å². The van der Waals surface area contributed by atoms with E-state index >= 15 is 0 Å². The molecule has 9 nitrogen and oxygen atoms in total. The van der Waals surface area contributed by atoms with Crippen LogP contribution in [0.3, 0.4) is 0 Å². The number of imide groups is 1. The molecule has 0 bridgehead atoms. The Bertz CT molecular complexity index is 1130. The Morgan fingerprint density at radius 1 is 0.889 bits per heavy atom. The van der Waals surface area contributed by atoms with Gasteiger partial charge < -0.3 is 9.47 Å². The minimum Gasteiger partial charge on any atom is -0.494 e. The van der Waals surface area contributed by atoms with Crippen molar-refractivity contribution in [2.24, 2.45) is 11.8 Å². The van der Waals surface area contributed by atoms with Crippen LogP contribution < -0.4 is 20.3 Å². The number of allylic oxidation sites excluding steroid dienone is 2. The molecule has 2 aromatic rings. The van der Waals surface area contributed by atoms with Gasteiger partial charge in [-0.05, 0) is 68.7 Å². The van der Waals surface area contributed by atoms with Crippen LogP contribution in [0.5, 0.6) is 11.5 Å². The number of carbonyl (C=O) groups excluding carboxylic acids is 4. The van der Waals surface area contributed by atoms with Crippen LogP contribution in [0.4, 0.5) is 0 Å². The van der Waals surface area contributed by atoms with Gasteiger partial charge in [-0.25, -0.2) is 0 Å². The number of nitrogens with zero attached hydrogens (tertiary/aromatic N) is 1. The molecule has 1 aliphatic carbocycles. The van der Waals surface area contributed by atoms with Crippen LogP contribution >= 0.6 is 0 Å². The van der Waals surface area contributed by atoms with Gasteiger partial charge in [0, 0.05) is 5.56 Å². The largest absolute Gasteiger partial charge is 0.494 e. The van der Waals surface area contributed by atoms with Crippen LogP contribution in [-0.4, -0.2) is 41.2 Å². The maximum Gasteiger partial charge on any atom is 0.269 e. The molecule has 1 saturated heterocycles. The first-order chi connectivity index (χ1) is 17.4. The van der Waals surface area contributed by atoms with Crippen LogP contribution in [0, 0.1) is 11.8 Å². The summed E-state index contributed by atoms with van der Waals surface area (Å²) in [7, 11) is 0. The van der Waals surface area contributed by atoms with Crippen LogP contribution in [0.25, 0.3) is 0 Å². The average molecular weight is 492 g/mol. The number of ether oxygens (including phenoxy) is 2. The highest BCUT2D eigenvalue weighted by Gasteiger charge is 2.50. The minimum atomic E-state index is -1.03. The van der Waals surface area contributed by atoms with Crippen molar-refractivity contribution in [1.82, 2.24) is 15.8 Å². The molecule has 2 N–H and O–H groups in total. The number of hydrogen-bond acceptors (Lipinski definition) is 6. The fourth-order valence-corrected chi connectivity index (χ4v) is 4.34. The van der Waals surface area contributed by atoms with E-state index < -0.39 is 29.7 Å². The molecule has 0 spiro atoms. The van der Waals surface area contributed by atoms with E-state index in [0.717, 1.165) is 16.2 Å². The van der Waals surface area contributed by atoms with Crippen molar-refractivity contribution < 1.29 is 28.7 Å². The molecule has 0 radical (unpaired) electrons. The summed E-state index contributed by atoms with van der Waals surface area (Å²) in [6, 6.07) is 13.0.